The Balaban J connectivity index is 1.03. The number of aryl methyl sites for hydroxylation is 1. The highest BCUT2D eigenvalue weighted by Gasteiger charge is 2.54. The topological polar surface area (TPSA) is 91.3 Å². The van der Waals surface area contributed by atoms with Crippen LogP contribution >= 0.6 is 0 Å². The fraction of sp³-hybridized carbons (Fsp3) is 0.714. The molecule has 1 aromatic carbocycles. The highest BCUT2D eigenvalue weighted by atomic mass is 16.6. The lowest BCUT2D eigenvalue weighted by atomic mass is 9.55. The van der Waals surface area contributed by atoms with Crippen molar-refractivity contribution in [2.24, 2.45) is 17.3 Å². The van der Waals surface area contributed by atoms with Gasteiger partial charge in [0.15, 0.2) is 6.10 Å². The van der Waals surface area contributed by atoms with Crippen LogP contribution in [0.4, 0.5) is 0 Å². The second-order valence-electron chi connectivity index (χ2n) is 11.4. The summed E-state index contributed by atoms with van der Waals surface area (Å²) in [7, 11) is 0. The van der Waals surface area contributed by atoms with Gasteiger partial charge in [-0.15, -0.1) is 0 Å². The molecule has 7 heteroatoms. The molecule has 0 spiro atoms. The van der Waals surface area contributed by atoms with Crippen LogP contribution in [0.5, 0.6) is 5.75 Å². The molecule has 0 bridgehead atoms. The van der Waals surface area contributed by atoms with Gasteiger partial charge in [0.25, 0.3) is 0 Å². The molecule has 6 rings (SSSR count). The SMILES string of the molecule is CC12CCC3c4ccc(OC(=O)CCC(=O)O[C@H]5COC6CCOC65)cc4CCC3C1CCC2O. The lowest BCUT2D eigenvalue weighted by molar-refractivity contribution is -0.155. The maximum atomic E-state index is 12.4. The molecule has 7 nitrogen and oxygen atoms in total. The van der Waals surface area contributed by atoms with Gasteiger partial charge in [-0.3, -0.25) is 9.59 Å². The molecule has 4 fully saturated rings. The summed E-state index contributed by atoms with van der Waals surface area (Å²) in [5.74, 6) is 1.45. The van der Waals surface area contributed by atoms with Crippen LogP contribution in [0.25, 0.3) is 0 Å². The Morgan fingerprint density at radius 1 is 1.09 bits per heavy atom. The van der Waals surface area contributed by atoms with E-state index in [-0.39, 0.29) is 42.7 Å². The molecule has 2 saturated carbocycles. The zero-order valence-corrected chi connectivity index (χ0v) is 20.4. The summed E-state index contributed by atoms with van der Waals surface area (Å²) in [6, 6.07) is 6.03. The molecule has 0 radical (unpaired) electrons. The van der Waals surface area contributed by atoms with Crippen molar-refractivity contribution in [1.82, 2.24) is 0 Å². The van der Waals surface area contributed by atoms with Crippen LogP contribution in [0.2, 0.25) is 0 Å². The first-order valence-corrected chi connectivity index (χ1v) is 13.4. The summed E-state index contributed by atoms with van der Waals surface area (Å²) in [5.41, 5.74) is 2.73. The van der Waals surface area contributed by atoms with E-state index in [2.05, 4.69) is 13.0 Å². The second-order valence-corrected chi connectivity index (χ2v) is 11.4. The normalized spacial score (nSPS) is 39.3. The van der Waals surface area contributed by atoms with E-state index in [0.29, 0.717) is 36.7 Å². The van der Waals surface area contributed by atoms with E-state index in [1.54, 1.807) is 0 Å². The van der Waals surface area contributed by atoms with E-state index in [1.807, 2.05) is 12.1 Å². The number of aliphatic hydroxyl groups is 1. The molecule has 35 heavy (non-hydrogen) atoms. The molecule has 8 atom stereocenters. The number of rotatable bonds is 5. The number of carbonyl (C=O) groups is 2. The predicted octanol–water partition coefficient (Wildman–Crippen LogP) is 3.69. The van der Waals surface area contributed by atoms with Crippen molar-refractivity contribution in [3.63, 3.8) is 0 Å². The van der Waals surface area contributed by atoms with Gasteiger partial charge in [0.2, 0.25) is 0 Å². The van der Waals surface area contributed by atoms with Gasteiger partial charge < -0.3 is 24.1 Å². The van der Waals surface area contributed by atoms with E-state index >= 15 is 0 Å². The lowest BCUT2D eigenvalue weighted by Gasteiger charge is -2.50. The third-order valence-corrected chi connectivity index (χ3v) is 9.62. The Hall–Kier alpha value is -1.96. The Morgan fingerprint density at radius 2 is 1.94 bits per heavy atom. The van der Waals surface area contributed by atoms with Gasteiger partial charge in [0.05, 0.1) is 31.7 Å². The van der Waals surface area contributed by atoms with Gasteiger partial charge in [-0.1, -0.05) is 13.0 Å². The number of hydrogen-bond donors (Lipinski definition) is 1. The average Bonchev–Trinajstić information content (AvgIpc) is 3.54. The van der Waals surface area contributed by atoms with Crippen molar-refractivity contribution in [2.45, 2.75) is 95.0 Å². The number of hydrogen-bond acceptors (Lipinski definition) is 7. The van der Waals surface area contributed by atoms with Gasteiger partial charge in [0, 0.05) is 6.61 Å². The van der Waals surface area contributed by atoms with Gasteiger partial charge in [0.1, 0.15) is 11.9 Å². The van der Waals surface area contributed by atoms with Crippen molar-refractivity contribution < 1.29 is 33.6 Å². The summed E-state index contributed by atoms with van der Waals surface area (Å²) in [6.45, 7) is 3.27. The third-order valence-electron chi connectivity index (χ3n) is 9.62. The molecule has 2 saturated heterocycles. The number of esters is 2. The zero-order valence-electron chi connectivity index (χ0n) is 20.4. The minimum absolute atomic E-state index is 0.0138. The average molecular weight is 485 g/mol. The molecule has 5 aliphatic rings. The van der Waals surface area contributed by atoms with E-state index in [1.165, 1.54) is 11.1 Å². The lowest BCUT2D eigenvalue weighted by Crippen LogP contribution is -2.43. The Labute approximate surface area is 206 Å². The first-order chi connectivity index (χ1) is 16.9. The Kier molecular flexibility index (Phi) is 6.14. The van der Waals surface area contributed by atoms with Crippen LogP contribution in [0, 0.1) is 17.3 Å². The molecule has 3 aliphatic carbocycles. The largest absolute Gasteiger partial charge is 0.457 e. The van der Waals surface area contributed by atoms with Crippen molar-refractivity contribution >= 4 is 11.9 Å². The van der Waals surface area contributed by atoms with Crippen LogP contribution < -0.4 is 4.74 Å². The van der Waals surface area contributed by atoms with E-state index in [0.717, 1.165) is 44.9 Å². The Morgan fingerprint density at radius 3 is 2.83 bits per heavy atom. The molecule has 1 aromatic rings. The molecular formula is C28H36O7. The predicted molar refractivity (Wildman–Crippen MR) is 126 cm³/mol. The van der Waals surface area contributed by atoms with Crippen molar-refractivity contribution in [1.29, 1.82) is 0 Å². The van der Waals surface area contributed by atoms with Gasteiger partial charge in [-0.2, -0.15) is 0 Å². The van der Waals surface area contributed by atoms with Crippen LogP contribution in [0.1, 0.15) is 75.3 Å². The molecule has 190 valence electrons. The summed E-state index contributed by atoms with van der Waals surface area (Å²) >= 11 is 0. The van der Waals surface area contributed by atoms with Crippen molar-refractivity contribution in [3.8, 4) is 5.75 Å². The van der Waals surface area contributed by atoms with Gasteiger partial charge in [-0.25, -0.2) is 0 Å². The smallest absolute Gasteiger partial charge is 0.311 e. The zero-order chi connectivity index (χ0) is 24.2. The number of fused-ring (bicyclic) bond motifs is 6. The molecule has 1 N–H and O–H groups in total. The number of aliphatic hydroxyl groups excluding tert-OH is 1. The first-order valence-electron chi connectivity index (χ1n) is 13.4. The summed E-state index contributed by atoms with van der Waals surface area (Å²) in [5, 5.41) is 10.6. The molecule has 7 unspecified atom stereocenters. The molecule has 2 heterocycles. The molecule has 0 amide bonds. The van der Waals surface area contributed by atoms with Gasteiger partial charge in [-0.05, 0) is 91.4 Å². The fourth-order valence-corrected chi connectivity index (χ4v) is 7.74. The van der Waals surface area contributed by atoms with Crippen LogP contribution in [-0.2, 0) is 30.2 Å². The van der Waals surface area contributed by atoms with E-state index in [9.17, 15) is 14.7 Å². The van der Waals surface area contributed by atoms with E-state index in [4.69, 9.17) is 18.9 Å². The third kappa shape index (κ3) is 4.19. The molecular weight excluding hydrogens is 448 g/mol. The summed E-state index contributed by atoms with van der Waals surface area (Å²) in [4.78, 5) is 24.7. The number of ether oxygens (including phenoxy) is 4. The molecule has 2 aliphatic heterocycles. The Bertz CT molecular complexity index is 992. The van der Waals surface area contributed by atoms with Crippen molar-refractivity contribution in [2.75, 3.05) is 13.2 Å². The van der Waals surface area contributed by atoms with Gasteiger partial charge >= 0.3 is 11.9 Å². The summed E-state index contributed by atoms with van der Waals surface area (Å²) in [6.07, 6.45) is 6.43. The first kappa shape index (κ1) is 23.4. The van der Waals surface area contributed by atoms with Crippen LogP contribution in [-0.4, -0.2) is 54.7 Å². The minimum Gasteiger partial charge on any atom is -0.457 e. The highest BCUT2D eigenvalue weighted by molar-refractivity contribution is 5.79. The monoisotopic (exact) mass is 484 g/mol. The highest BCUT2D eigenvalue weighted by Crippen LogP contribution is 2.60. The maximum Gasteiger partial charge on any atom is 0.311 e. The fourth-order valence-electron chi connectivity index (χ4n) is 7.74. The number of benzene rings is 1. The summed E-state index contributed by atoms with van der Waals surface area (Å²) < 4.78 is 22.3. The van der Waals surface area contributed by atoms with Crippen molar-refractivity contribution in [3.05, 3.63) is 29.3 Å². The quantitative estimate of drug-likeness (QED) is 0.503. The maximum absolute atomic E-state index is 12.4. The minimum atomic E-state index is -0.429. The number of carbonyl (C=O) groups excluding carboxylic acids is 2. The standard InChI is InChI=1S/C28H36O7/c1-28-12-10-19-18-5-3-17(14-16(18)2-4-20(19)21(28)6-7-24(28)29)34-25(30)8-9-26(31)35-23-15-33-22-11-13-32-27(22)23/h3,5,14,19-24,27,29H,2,4,6-13,15H2,1H3/t19?,20?,21?,22?,23-,24?,27?,28?/m0/s1. The van der Waals surface area contributed by atoms with Crippen LogP contribution in [0.3, 0.4) is 0 Å². The molecule has 0 aromatic heterocycles. The second kappa shape index (κ2) is 9.16. The van der Waals surface area contributed by atoms with E-state index < -0.39 is 11.9 Å². The van der Waals surface area contributed by atoms with Crippen LogP contribution in [0.15, 0.2) is 18.2 Å².